The predicted molar refractivity (Wildman–Crippen MR) is 102 cm³/mol. The van der Waals surface area contributed by atoms with Gasteiger partial charge in [0.05, 0.1) is 0 Å². The second-order valence-corrected chi connectivity index (χ2v) is 9.42. The van der Waals surface area contributed by atoms with Gasteiger partial charge in [-0.2, -0.15) is 0 Å². The number of hydrogen-bond donors (Lipinski definition) is 0. The Hall–Kier alpha value is -1.89. The first kappa shape index (κ1) is 15.4. The molecule has 1 fully saturated rings. The normalized spacial score (nSPS) is 31.6. The maximum Gasteiger partial charge on any atom is 0.163 e. The fourth-order valence-electron chi connectivity index (χ4n) is 6.01. The van der Waals surface area contributed by atoms with Gasteiger partial charge in [-0.25, -0.2) is 0 Å². The molecule has 3 atom stereocenters. The molecule has 2 bridgehead atoms. The van der Waals surface area contributed by atoms with Crippen molar-refractivity contribution in [2.75, 3.05) is 0 Å². The number of ketones is 1. The molecule has 0 aliphatic heterocycles. The Morgan fingerprint density at radius 3 is 2.52 bits per heavy atom. The van der Waals surface area contributed by atoms with Gasteiger partial charge >= 0.3 is 0 Å². The van der Waals surface area contributed by atoms with Crippen molar-refractivity contribution in [3.05, 3.63) is 64.8 Å². The van der Waals surface area contributed by atoms with E-state index in [2.05, 4.69) is 70.2 Å². The Balaban J connectivity index is 1.74. The predicted octanol–water partition coefficient (Wildman–Crippen LogP) is 5.69. The Labute approximate surface area is 150 Å². The molecule has 1 aromatic carbocycles. The minimum atomic E-state index is -0.0275. The highest BCUT2D eigenvalue weighted by atomic mass is 16.1. The average molecular weight is 330 g/mol. The smallest absolute Gasteiger partial charge is 0.163 e. The third-order valence-corrected chi connectivity index (χ3v) is 7.66. The molecule has 0 spiro atoms. The summed E-state index contributed by atoms with van der Waals surface area (Å²) in [5.41, 5.74) is 6.81. The van der Waals surface area contributed by atoms with E-state index < -0.39 is 0 Å². The number of carbonyl (C=O) groups excluding carboxylic acids is 1. The van der Waals surface area contributed by atoms with Gasteiger partial charge < -0.3 is 0 Å². The van der Waals surface area contributed by atoms with Gasteiger partial charge in [0.1, 0.15) is 0 Å². The lowest BCUT2D eigenvalue weighted by Gasteiger charge is -2.56. The molecule has 0 saturated heterocycles. The van der Waals surface area contributed by atoms with Crippen LogP contribution in [0.3, 0.4) is 0 Å². The maximum absolute atomic E-state index is 13.5. The van der Waals surface area contributed by atoms with Crippen molar-refractivity contribution in [2.24, 2.45) is 22.7 Å². The highest BCUT2D eigenvalue weighted by Gasteiger charge is 2.62. The summed E-state index contributed by atoms with van der Waals surface area (Å²) in [5.74, 6) is 1.41. The van der Waals surface area contributed by atoms with Crippen molar-refractivity contribution in [3.63, 3.8) is 0 Å². The zero-order valence-electron chi connectivity index (χ0n) is 15.6. The molecule has 5 aliphatic rings. The molecule has 1 heteroatoms. The number of hydrogen-bond acceptors (Lipinski definition) is 1. The third kappa shape index (κ3) is 1.72. The molecular weight excluding hydrogens is 304 g/mol. The molecule has 1 aromatic rings. The quantitative estimate of drug-likeness (QED) is 0.680. The molecule has 0 radical (unpaired) electrons. The molecule has 0 N–H and O–H groups in total. The summed E-state index contributed by atoms with van der Waals surface area (Å²) < 4.78 is 0. The summed E-state index contributed by atoms with van der Waals surface area (Å²) in [6.07, 6.45) is 8.73. The van der Waals surface area contributed by atoms with E-state index >= 15 is 0 Å². The zero-order chi connectivity index (χ0) is 17.6. The summed E-state index contributed by atoms with van der Waals surface area (Å²) in [6, 6.07) is 8.80. The van der Waals surface area contributed by atoms with Gasteiger partial charge in [-0.3, -0.25) is 4.79 Å². The lowest BCUT2D eigenvalue weighted by molar-refractivity contribution is -0.133. The molecule has 6 rings (SSSR count). The van der Waals surface area contributed by atoms with E-state index in [1.165, 1.54) is 22.3 Å². The summed E-state index contributed by atoms with van der Waals surface area (Å²) in [6.45, 7) is 9.25. The van der Waals surface area contributed by atoms with E-state index in [1.54, 1.807) is 0 Å². The topological polar surface area (TPSA) is 17.1 Å². The lowest BCUT2D eigenvalue weighted by Crippen LogP contribution is -2.53. The second kappa shape index (κ2) is 4.63. The van der Waals surface area contributed by atoms with E-state index in [4.69, 9.17) is 0 Å². The summed E-state index contributed by atoms with van der Waals surface area (Å²) in [7, 11) is 0. The molecule has 5 aliphatic carbocycles. The highest BCUT2D eigenvalue weighted by Crippen LogP contribution is 2.68. The Morgan fingerprint density at radius 1 is 1.08 bits per heavy atom. The van der Waals surface area contributed by atoms with Crippen LogP contribution >= 0.6 is 0 Å². The molecule has 1 nitrogen and oxygen atoms in total. The molecular formula is C24H26O. The molecule has 0 amide bonds. The van der Waals surface area contributed by atoms with Crippen LogP contribution in [0.4, 0.5) is 0 Å². The van der Waals surface area contributed by atoms with Crippen LogP contribution in [0.5, 0.6) is 0 Å². The number of Topliss-reactive ketones (excluding diaryl/α,β-unsaturated/α-hetero) is 1. The largest absolute Gasteiger partial charge is 0.294 e. The van der Waals surface area contributed by atoms with Crippen LogP contribution in [0, 0.1) is 22.7 Å². The first-order valence-electron chi connectivity index (χ1n) is 9.59. The fraction of sp³-hybridized carbons (Fsp3) is 0.458. The van der Waals surface area contributed by atoms with Crippen LogP contribution in [0.15, 0.2) is 53.6 Å². The Bertz CT molecular complexity index is 890. The molecule has 0 heterocycles. The number of allylic oxidation sites excluding steroid dienone is 6. The summed E-state index contributed by atoms with van der Waals surface area (Å²) in [4.78, 5) is 13.5. The highest BCUT2D eigenvalue weighted by molar-refractivity contribution is 6.12. The van der Waals surface area contributed by atoms with Crippen LogP contribution in [-0.2, 0) is 4.79 Å². The number of carbonyl (C=O) groups is 1. The van der Waals surface area contributed by atoms with Crippen molar-refractivity contribution in [1.82, 2.24) is 0 Å². The van der Waals surface area contributed by atoms with E-state index in [9.17, 15) is 4.79 Å². The van der Waals surface area contributed by atoms with Crippen LogP contribution in [0.2, 0.25) is 0 Å². The van der Waals surface area contributed by atoms with Crippen LogP contribution in [0.25, 0.3) is 5.57 Å². The van der Waals surface area contributed by atoms with Gasteiger partial charge in [0, 0.05) is 17.4 Å². The van der Waals surface area contributed by atoms with Crippen molar-refractivity contribution in [1.29, 1.82) is 0 Å². The van der Waals surface area contributed by atoms with Gasteiger partial charge in [-0.15, -0.1) is 0 Å². The van der Waals surface area contributed by atoms with E-state index in [-0.39, 0.29) is 22.7 Å². The summed E-state index contributed by atoms with van der Waals surface area (Å²) in [5, 5.41) is 0. The maximum atomic E-state index is 13.5. The zero-order valence-corrected chi connectivity index (χ0v) is 15.6. The molecule has 128 valence electrons. The number of benzene rings is 1. The Morgan fingerprint density at radius 2 is 1.84 bits per heavy atom. The van der Waals surface area contributed by atoms with Crippen molar-refractivity contribution < 1.29 is 4.79 Å². The van der Waals surface area contributed by atoms with Gasteiger partial charge in [0.25, 0.3) is 0 Å². The minimum Gasteiger partial charge on any atom is -0.294 e. The molecule has 25 heavy (non-hydrogen) atoms. The van der Waals surface area contributed by atoms with Gasteiger partial charge in [-0.05, 0) is 46.3 Å². The summed E-state index contributed by atoms with van der Waals surface area (Å²) >= 11 is 0. The van der Waals surface area contributed by atoms with Gasteiger partial charge in [0.2, 0.25) is 0 Å². The molecule has 0 aromatic heterocycles. The van der Waals surface area contributed by atoms with Crippen LogP contribution < -0.4 is 0 Å². The van der Waals surface area contributed by atoms with Crippen LogP contribution in [0.1, 0.15) is 57.6 Å². The number of rotatable bonds is 2. The van der Waals surface area contributed by atoms with Gasteiger partial charge in [0.15, 0.2) is 5.78 Å². The minimum absolute atomic E-state index is 0.0275. The SMILES string of the molecule is CC(C)(C1=CC=CC1)C1C2=C(c3ccccc31)C1CC(C2=O)C1(C)C. The molecule has 3 unspecified atom stereocenters. The van der Waals surface area contributed by atoms with E-state index in [1.807, 2.05) is 0 Å². The monoisotopic (exact) mass is 330 g/mol. The fourth-order valence-corrected chi connectivity index (χ4v) is 6.01. The molecule has 1 saturated carbocycles. The first-order valence-corrected chi connectivity index (χ1v) is 9.59. The second-order valence-electron chi connectivity index (χ2n) is 9.42. The Kier molecular flexibility index (Phi) is 2.85. The van der Waals surface area contributed by atoms with Crippen molar-refractivity contribution in [2.45, 2.75) is 46.5 Å². The van der Waals surface area contributed by atoms with E-state index in [0.29, 0.717) is 11.7 Å². The lowest BCUT2D eigenvalue weighted by atomic mass is 9.46. The standard InChI is InChI=1S/C24H26O/c1-23(2,14-9-5-6-10-14)21-16-12-8-7-11-15(16)19-17-13-18(24(17,3)4)22(25)20(19)21/h5-9,11-12,17-18,21H,10,13H2,1-4H3. The van der Waals surface area contributed by atoms with E-state index in [0.717, 1.165) is 18.4 Å². The van der Waals surface area contributed by atoms with Crippen LogP contribution in [-0.4, -0.2) is 5.78 Å². The van der Waals surface area contributed by atoms with Gasteiger partial charge in [-0.1, -0.05) is 75.8 Å². The van der Waals surface area contributed by atoms with Crippen molar-refractivity contribution >= 4 is 11.4 Å². The average Bonchev–Trinajstić information content (AvgIpc) is 3.21. The first-order chi connectivity index (χ1) is 11.8. The third-order valence-electron chi connectivity index (χ3n) is 7.66. The van der Waals surface area contributed by atoms with Crippen molar-refractivity contribution in [3.8, 4) is 0 Å². The number of fused-ring (bicyclic) bond motifs is 1.